The van der Waals surface area contributed by atoms with Crippen LogP contribution in [0.15, 0.2) is 0 Å². The SMILES string of the molecule is CCCCCC[CH](C)[K].O=C(O)CC(=O)O. The van der Waals surface area contributed by atoms with Crippen molar-refractivity contribution in [1.82, 2.24) is 0 Å². The van der Waals surface area contributed by atoms with E-state index in [2.05, 4.69) is 13.8 Å². The van der Waals surface area contributed by atoms with Gasteiger partial charge in [-0.25, -0.2) is 0 Å². The zero-order valence-corrected chi connectivity index (χ0v) is 13.7. The van der Waals surface area contributed by atoms with E-state index in [1.54, 1.807) is 0 Å². The molecule has 0 aliphatic rings. The summed E-state index contributed by atoms with van der Waals surface area (Å²) >= 11 is 1.07. The van der Waals surface area contributed by atoms with Gasteiger partial charge in [0.25, 0.3) is 0 Å². The quantitative estimate of drug-likeness (QED) is 0.417. The molecule has 0 aliphatic carbocycles. The van der Waals surface area contributed by atoms with Gasteiger partial charge in [-0.1, -0.05) is 0 Å². The summed E-state index contributed by atoms with van der Waals surface area (Å²) in [5.41, 5.74) is 0. The Labute approximate surface area is 131 Å². The second-order valence-electron chi connectivity index (χ2n) is 4.21. The Morgan fingerprint density at radius 1 is 1.12 bits per heavy atom. The molecule has 2 N–H and O–H groups in total. The van der Waals surface area contributed by atoms with Crippen molar-refractivity contribution in [3.8, 4) is 0 Å². The largest absolute Gasteiger partial charge is 0.481 e. The third-order valence-corrected chi connectivity index (χ3v) is 2.84. The van der Waals surface area contributed by atoms with Crippen LogP contribution in [0.4, 0.5) is 0 Å². The molecule has 0 spiro atoms. The first kappa shape index (κ1) is 18.9. The van der Waals surface area contributed by atoms with Gasteiger partial charge in [-0.05, 0) is 0 Å². The molecule has 90 valence electrons. The maximum Gasteiger partial charge on any atom is 0.314 e. The van der Waals surface area contributed by atoms with Crippen LogP contribution in [-0.2, 0) is 9.59 Å². The van der Waals surface area contributed by atoms with Crippen LogP contribution in [0.2, 0.25) is 0.0125 Å². The molecular weight excluding hydrogens is 235 g/mol. The van der Waals surface area contributed by atoms with Crippen LogP contribution in [0.3, 0.4) is 0 Å². The van der Waals surface area contributed by atoms with Gasteiger partial charge < -0.3 is 10.2 Å². The molecule has 0 aromatic heterocycles. The van der Waals surface area contributed by atoms with Crippen LogP contribution < -0.4 is 0 Å². The Balaban J connectivity index is 0. The molecule has 4 nitrogen and oxygen atoms in total. The molecule has 0 saturated carbocycles. The molecule has 1 unspecified atom stereocenters. The summed E-state index contributed by atoms with van der Waals surface area (Å²) in [6.45, 7) is 4.65. The number of hydrogen-bond donors (Lipinski definition) is 2. The van der Waals surface area contributed by atoms with Gasteiger partial charge in [0, 0.05) is 0 Å². The summed E-state index contributed by atoms with van der Waals surface area (Å²) in [4.78, 5) is 18.9. The van der Waals surface area contributed by atoms with Crippen LogP contribution >= 0.6 is 0 Å². The van der Waals surface area contributed by atoms with Crippen molar-refractivity contribution in [1.29, 1.82) is 0 Å². The monoisotopic (exact) mass is 256 g/mol. The number of unbranched alkanes of at least 4 members (excludes halogenated alkanes) is 3. The molecule has 0 radical (unpaired) electrons. The summed E-state index contributed by atoms with van der Waals surface area (Å²) < 4.78 is 1.09. The Hall–Kier alpha value is 0.576. The number of carboxylic acid groups (broad SMARTS) is 2. The predicted molar refractivity (Wildman–Crippen MR) is 63.8 cm³/mol. The van der Waals surface area contributed by atoms with Crippen LogP contribution in [-0.4, -0.2) is 71.1 Å². The van der Waals surface area contributed by atoms with Gasteiger partial charge >= 0.3 is 107 Å². The number of carbonyl (C=O) groups is 2. The standard InChI is InChI=1S/C8H17.C3H4O4.K/c1-3-5-7-8-6-4-2;4-2(5)1-3(6)7;/h3H,4-8H2,1-2H3;1H2,(H,4,5)(H,6,7);. The van der Waals surface area contributed by atoms with E-state index < -0.39 is 18.4 Å². The van der Waals surface area contributed by atoms with Crippen molar-refractivity contribution >= 4 is 60.9 Å². The molecule has 0 heterocycles. The smallest absolute Gasteiger partial charge is 0.314 e. The molecule has 0 bridgehead atoms. The summed E-state index contributed by atoms with van der Waals surface area (Å²) in [6, 6.07) is 0. The fourth-order valence-corrected chi connectivity index (χ4v) is 1.75. The summed E-state index contributed by atoms with van der Waals surface area (Å²) in [7, 11) is 0. The van der Waals surface area contributed by atoms with E-state index >= 15 is 0 Å². The number of rotatable bonds is 7. The molecule has 16 heavy (non-hydrogen) atoms. The Kier molecular flexibility index (Phi) is 16.1. The summed E-state index contributed by atoms with van der Waals surface area (Å²) in [5, 5.41) is 15.4. The Morgan fingerprint density at radius 3 is 1.88 bits per heavy atom. The minimum Gasteiger partial charge on any atom is -0.481 e. The zero-order chi connectivity index (χ0) is 13.0. The number of aliphatic carboxylic acids is 2. The molecule has 0 aromatic carbocycles. The maximum atomic E-state index is 9.43. The van der Waals surface area contributed by atoms with Crippen molar-refractivity contribution in [2.24, 2.45) is 0 Å². The van der Waals surface area contributed by atoms with Crippen LogP contribution in [0, 0.1) is 0 Å². The molecule has 0 rings (SSSR count). The predicted octanol–water partition coefficient (Wildman–Crippen LogP) is 2.48. The second kappa shape index (κ2) is 13.6. The van der Waals surface area contributed by atoms with Crippen LogP contribution in [0.5, 0.6) is 0 Å². The van der Waals surface area contributed by atoms with Gasteiger partial charge in [-0.2, -0.15) is 0 Å². The zero-order valence-electron chi connectivity index (χ0n) is 10.5. The minimum atomic E-state index is -1.31. The van der Waals surface area contributed by atoms with E-state index in [1.807, 2.05) is 0 Å². The summed E-state index contributed by atoms with van der Waals surface area (Å²) in [5.74, 6) is -2.62. The molecule has 0 fully saturated rings. The molecule has 1 atom stereocenters. The van der Waals surface area contributed by atoms with Crippen molar-refractivity contribution in [3.05, 3.63) is 0 Å². The van der Waals surface area contributed by atoms with Crippen molar-refractivity contribution in [3.63, 3.8) is 0 Å². The first-order chi connectivity index (χ1) is 7.40. The third-order valence-electron chi connectivity index (χ3n) is 1.94. The van der Waals surface area contributed by atoms with E-state index in [9.17, 15) is 9.59 Å². The van der Waals surface area contributed by atoms with Gasteiger partial charge in [-0.3, -0.25) is 9.59 Å². The first-order valence-corrected chi connectivity index (χ1v) is 7.64. The Bertz CT molecular complexity index is 180. The number of hydrogen-bond acceptors (Lipinski definition) is 2. The average molecular weight is 256 g/mol. The van der Waals surface area contributed by atoms with Gasteiger partial charge in [0.1, 0.15) is 6.42 Å². The second-order valence-corrected chi connectivity index (χ2v) is 7.29. The molecular formula is C11H21KO4. The molecule has 0 aliphatic heterocycles. The van der Waals surface area contributed by atoms with E-state index in [4.69, 9.17) is 10.2 Å². The summed E-state index contributed by atoms with van der Waals surface area (Å²) in [6.07, 6.45) is 6.47. The Morgan fingerprint density at radius 2 is 1.62 bits per heavy atom. The van der Waals surface area contributed by atoms with E-state index in [1.165, 1.54) is 32.1 Å². The molecule has 0 saturated heterocycles. The van der Waals surface area contributed by atoms with E-state index in [0.717, 1.165) is 49.0 Å². The maximum absolute atomic E-state index is 9.43. The van der Waals surface area contributed by atoms with E-state index in [-0.39, 0.29) is 0 Å². The van der Waals surface area contributed by atoms with Crippen LogP contribution in [0.25, 0.3) is 0 Å². The first-order valence-electron chi connectivity index (χ1n) is 5.83. The number of carboxylic acids is 2. The van der Waals surface area contributed by atoms with Crippen molar-refractivity contribution < 1.29 is 19.8 Å². The van der Waals surface area contributed by atoms with Gasteiger partial charge in [0.2, 0.25) is 0 Å². The van der Waals surface area contributed by atoms with Crippen LogP contribution in [0.1, 0.15) is 52.4 Å². The van der Waals surface area contributed by atoms with Crippen molar-refractivity contribution in [2.75, 3.05) is 0 Å². The third kappa shape index (κ3) is 24.0. The van der Waals surface area contributed by atoms with Gasteiger partial charge in [0.15, 0.2) is 0 Å². The molecule has 0 aromatic rings. The normalized spacial score (nSPS) is 11.2. The molecule has 0 amide bonds. The van der Waals surface area contributed by atoms with Crippen molar-refractivity contribution in [2.45, 2.75) is 52.4 Å². The fourth-order valence-electron chi connectivity index (χ4n) is 1.11. The molecule has 5 heteroatoms. The average Bonchev–Trinajstić information content (AvgIpc) is 2.11. The van der Waals surface area contributed by atoms with E-state index in [0.29, 0.717) is 0 Å². The topological polar surface area (TPSA) is 74.6 Å². The fraction of sp³-hybridized carbons (Fsp3) is 0.818. The van der Waals surface area contributed by atoms with Gasteiger partial charge in [-0.15, -0.1) is 0 Å². The minimum absolute atomic E-state index is 0.806. The van der Waals surface area contributed by atoms with Gasteiger partial charge in [0.05, 0.1) is 0 Å².